The lowest BCUT2D eigenvalue weighted by Crippen LogP contribution is -2.27. The summed E-state index contributed by atoms with van der Waals surface area (Å²) in [5, 5.41) is 11.4. The van der Waals surface area contributed by atoms with Gasteiger partial charge in [0.1, 0.15) is 11.4 Å². The number of aryl methyl sites for hydroxylation is 1. The van der Waals surface area contributed by atoms with E-state index < -0.39 is 0 Å². The van der Waals surface area contributed by atoms with Crippen molar-refractivity contribution < 1.29 is 4.79 Å². The maximum atomic E-state index is 12.1. The Morgan fingerprint density at radius 2 is 2.21 bits per heavy atom. The number of rotatable bonds is 4. The molecule has 0 bridgehead atoms. The van der Waals surface area contributed by atoms with Crippen LogP contribution in [0.4, 0.5) is 0 Å². The van der Waals surface area contributed by atoms with Crippen molar-refractivity contribution in [3.05, 3.63) is 33.8 Å². The summed E-state index contributed by atoms with van der Waals surface area (Å²) < 4.78 is 1.72. The highest BCUT2D eigenvalue weighted by Crippen LogP contribution is 2.18. The molecule has 8 heteroatoms. The van der Waals surface area contributed by atoms with Crippen LogP contribution in [0.3, 0.4) is 0 Å². The molecule has 0 saturated heterocycles. The lowest BCUT2D eigenvalue weighted by atomic mass is 10.3. The number of amides is 1. The third kappa shape index (κ3) is 2.90. The lowest BCUT2D eigenvalue weighted by Gasteiger charge is -2.15. The van der Waals surface area contributed by atoms with Crippen molar-refractivity contribution in [2.75, 3.05) is 7.05 Å². The van der Waals surface area contributed by atoms with E-state index in [1.54, 1.807) is 17.9 Å². The largest absolute Gasteiger partial charge is 0.334 e. The summed E-state index contributed by atoms with van der Waals surface area (Å²) in [6, 6.07) is 0. The van der Waals surface area contributed by atoms with Gasteiger partial charge in [0.05, 0.1) is 22.8 Å². The van der Waals surface area contributed by atoms with E-state index in [1.165, 1.54) is 11.1 Å². The Balaban J connectivity index is 2.12. The second-order valence-electron chi connectivity index (χ2n) is 4.03. The van der Waals surface area contributed by atoms with Gasteiger partial charge in [-0.25, -0.2) is 0 Å². The molecule has 2 rings (SSSR count). The van der Waals surface area contributed by atoms with Crippen LogP contribution in [0, 0.1) is 0 Å². The Kier molecular flexibility index (Phi) is 4.11. The maximum Gasteiger partial charge on any atom is 0.273 e. The number of aromatic amines is 1. The fraction of sp³-hybridized carbons (Fsp3) is 0.364. The molecule has 0 radical (unpaired) electrons. The summed E-state index contributed by atoms with van der Waals surface area (Å²) in [4.78, 5) is 13.6. The molecule has 0 saturated carbocycles. The van der Waals surface area contributed by atoms with Crippen LogP contribution in [0.15, 0.2) is 12.4 Å². The van der Waals surface area contributed by atoms with Crippen LogP contribution in [0.25, 0.3) is 0 Å². The van der Waals surface area contributed by atoms with Crippen molar-refractivity contribution in [2.45, 2.75) is 20.0 Å². The number of aromatic nitrogens is 4. The first-order valence-electron chi connectivity index (χ1n) is 5.69. The number of nitrogens with zero attached hydrogens (tertiary/aromatic N) is 4. The highest BCUT2D eigenvalue weighted by atomic mass is 35.5. The molecule has 1 amide bonds. The minimum absolute atomic E-state index is 0.259. The van der Waals surface area contributed by atoms with E-state index in [9.17, 15) is 4.79 Å². The Morgan fingerprint density at radius 3 is 2.74 bits per heavy atom. The standard InChI is InChI=1S/C11H13Cl2N5O/c1-3-18-5-8(13)9(16-18)6-17(2)11(19)10-7(12)4-14-15-10/h4-5H,3,6H2,1-2H3,(H,14,15). The lowest BCUT2D eigenvalue weighted by molar-refractivity contribution is 0.0777. The van der Waals surface area contributed by atoms with Crippen LogP contribution in [0.2, 0.25) is 10.0 Å². The zero-order chi connectivity index (χ0) is 14.0. The van der Waals surface area contributed by atoms with Crippen molar-refractivity contribution in [1.82, 2.24) is 24.9 Å². The number of nitrogens with one attached hydrogen (secondary N) is 1. The van der Waals surface area contributed by atoms with Crippen LogP contribution in [-0.4, -0.2) is 37.8 Å². The van der Waals surface area contributed by atoms with Gasteiger partial charge in [-0.3, -0.25) is 14.6 Å². The molecular formula is C11H13Cl2N5O. The smallest absolute Gasteiger partial charge is 0.273 e. The number of hydrogen-bond acceptors (Lipinski definition) is 3. The van der Waals surface area contributed by atoms with Crippen LogP contribution in [0.5, 0.6) is 0 Å². The predicted octanol–water partition coefficient (Wildman–Crippen LogP) is 2.21. The average molecular weight is 302 g/mol. The van der Waals surface area contributed by atoms with E-state index in [4.69, 9.17) is 23.2 Å². The van der Waals surface area contributed by atoms with E-state index in [0.29, 0.717) is 22.3 Å². The summed E-state index contributed by atoms with van der Waals surface area (Å²) in [5.41, 5.74) is 0.908. The molecule has 0 atom stereocenters. The van der Waals surface area contributed by atoms with Gasteiger partial charge >= 0.3 is 0 Å². The van der Waals surface area contributed by atoms with Crippen molar-refractivity contribution >= 4 is 29.1 Å². The van der Waals surface area contributed by atoms with Gasteiger partial charge in [0, 0.05) is 19.8 Å². The molecule has 0 aromatic carbocycles. The molecule has 2 aromatic rings. The SMILES string of the molecule is CCn1cc(Cl)c(CN(C)C(=O)c2[nH]ncc2Cl)n1. The molecule has 0 spiro atoms. The summed E-state index contributed by atoms with van der Waals surface area (Å²) >= 11 is 11.9. The van der Waals surface area contributed by atoms with Crippen molar-refractivity contribution in [3.63, 3.8) is 0 Å². The van der Waals surface area contributed by atoms with Gasteiger partial charge in [0.15, 0.2) is 0 Å². The zero-order valence-corrected chi connectivity index (χ0v) is 12.0. The molecule has 1 N–H and O–H groups in total. The fourth-order valence-electron chi connectivity index (χ4n) is 1.61. The molecule has 19 heavy (non-hydrogen) atoms. The Hall–Kier alpha value is -1.53. The molecule has 0 fully saturated rings. The highest BCUT2D eigenvalue weighted by Gasteiger charge is 2.19. The van der Waals surface area contributed by atoms with Gasteiger partial charge in [0.2, 0.25) is 0 Å². The molecule has 102 valence electrons. The zero-order valence-electron chi connectivity index (χ0n) is 10.5. The number of carbonyl (C=O) groups excluding carboxylic acids is 1. The van der Waals surface area contributed by atoms with E-state index >= 15 is 0 Å². The van der Waals surface area contributed by atoms with Gasteiger partial charge < -0.3 is 4.90 Å². The van der Waals surface area contributed by atoms with Crippen molar-refractivity contribution in [2.24, 2.45) is 0 Å². The number of halogens is 2. The minimum atomic E-state index is -0.260. The second kappa shape index (κ2) is 5.63. The summed E-state index contributed by atoms with van der Waals surface area (Å²) in [6.45, 7) is 3.00. The predicted molar refractivity (Wildman–Crippen MR) is 72.3 cm³/mol. The van der Waals surface area contributed by atoms with Gasteiger partial charge in [0.25, 0.3) is 5.91 Å². The normalized spacial score (nSPS) is 10.7. The number of carbonyl (C=O) groups is 1. The van der Waals surface area contributed by atoms with Crippen molar-refractivity contribution in [1.29, 1.82) is 0 Å². The first-order chi connectivity index (χ1) is 9.02. The van der Waals surface area contributed by atoms with Gasteiger partial charge in [-0.1, -0.05) is 23.2 Å². The Bertz CT molecular complexity index is 592. The monoisotopic (exact) mass is 301 g/mol. The quantitative estimate of drug-likeness (QED) is 0.941. The summed E-state index contributed by atoms with van der Waals surface area (Å²) in [5.74, 6) is -0.260. The molecule has 0 aliphatic rings. The molecule has 0 aliphatic carbocycles. The van der Waals surface area contributed by atoms with E-state index in [2.05, 4.69) is 15.3 Å². The van der Waals surface area contributed by atoms with E-state index in [0.717, 1.165) is 6.54 Å². The van der Waals surface area contributed by atoms with Crippen LogP contribution >= 0.6 is 23.2 Å². The van der Waals surface area contributed by atoms with Crippen LogP contribution < -0.4 is 0 Å². The first kappa shape index (κ1) is 13.9. The summed E-state index contributed by atoms with van der Waals surface area (Å²) in [7, 11) is 1.65. The maximum absolute atomic E-state index is 12.1. The first-order valence-corrected chi connectivity index (χ1v) is 6.44. The minimum Gasteiger partial charge on any atom is -0.334 e. The molecule has 0 unspecified atom stereocenters. The van der Waals surface area contributed by atoms with E-state index in [-0.39, 0.29) is 11.6 Å². The Labute approximate surface area is 120 Å². The molecule has 2 aromatic heterocycles. The topological polar surface area (TPSA) is 66.8 Å². The van der Waals surface area contributed by atoms with Gasteiger partial charge in [-0.15, -0.1) is 0 Å². The fourth-order valence-corrected chi connectivity index (χ4v) is 2.00. The van der Waals surface area contributed by atoms with Crippen molar-refractivity contribution in [3.8, 4) is 0 Å². The van der Waals surface area contributed by atoms with Gasteiger partial charge in [-0.2, -0.15) is 10.2 Å². The van der Waals surface area contributed by atoms with Crippen LogP contribution in [-0.2, 0) is 13.1 Å². The molecule has 6 nitrogen and oxygen atoms in total. The van der Waals surface area contributed by atoms with Gasteiger partial charge in [-0.05, 0) is 6.92 Å². The van der Waals surface area contributed by atoms with Crippen LogP contribution in [0.1, 0.15) is 23.1 Å². The third-order valence-electron chi connectivity index (χ3n) is 2.65. The highest BCUT2D eigenvalue weighted by molar-refractivity contribution is 6.33. The third-order valence-corrected chi connectivity index (χ3v) is 3.25. The van der Waals surface area contributed by atoms with E-state index in [1.807, 2.05) is 6.92 Å². The molecule has 2 heterocycles. The Morgan fingerprint density at radius 1 is 1.47 bits per heavy atom. The number of hydrogen-bond donors (Lipinski definition) is 1. The molecular weight excluding hydrogens is 289 g/mol. The average Bonchev–Trinajstić information content (AvgIpc) is 2.95. The second-order valence-corrected chi connectivity index (χ2v) is 4.85. The number of H-pyrrole nitrogens is 1. The summed E-state index contributed by atoms with van der Waals surface area (Å²) in [6.07, 6.45) is 3.12. The molecule has 0 aliphatic heterocycles.